The Morgan fingerprint density at radius 2 is 1.53 bits per heavy atom. The summed E-state index contributed by atoms with van der Waals surface area (Å²) in [7, 11) is 0. The van der Waals surface area contributed by atoms with Crippen molar-refractivity contribution >= 4 is 22.5 Å². The van der Waals surface area contributed by atoms with Crippen LogP contribution in [0.25, 0.3) is 22.3 Å². The normalized spacial score (nSPS) is 14.4. The van der Waals surface area contributed by atoms with E-state index in [4.69, 9.17) is 15.0 Å². The van der Waals surface area contributed by atoms with Gasteiger partial charge in [0, 0.05) is 67.2 Å². The van der Waals surface area contributed by atoms with Crippen LogP contribution in [-0.2, 0) is 0 Å². The van der Waals surface area contributed by atoms with Crippen molar-refractivity contribution in [1.29, 1.82) is 0 Å². The van der Waals surface area contributed by atoms with Crippen LogP contribution in [-0.4, -0.2) is 51.1 Å². The number of para-hydroxylation sites is 1. The van der Waals surface area contributed by atoms with E-state index in [1.165, 1.54) is 0 Å². The maximum Gasteiger partial charge on any atom is 0.162 e. The van der Waals surface area contributed by atoms with Crippen LogP contribution < -0.4 is 9.80 Å². The summed E-state index contributed by atoms with van der Waals surface area (Å²) in [4.78, 5) is 28.0. The molecular weight excluding hydrogens is 398 g/mol. The molecule has 0 N–H and O–H groups in total. The minimum Gasteiger partial charge on any atom is -0.353 e. The van der Waals surface area contributed by atoms with E-state index in [1.54, 1.807) is 12.4 Å². The number of piperazine rings is 1. The average molecular weight is 426 g/mol. The largest absolute Gasteiger partial charge is 0.353 e. The number of nitrogens with zero attached hydrogens (tertiary/aromatic N) is 7. The zero-order valence-electron chi connectivity index (χ0n) is 18.7. The van der Waals surface area contributed by atoms with Gasteiger partial charge in [-0.1, -0.05) is 26.0 Å². The van der Waals surface area contributed by atoms with Gasteiger partial charge in [0.1, 0.15) is 17.5 Å². The Kier molecular flexibility index (Phi) is 5.39. The van der Waals surface area contributed by atoms with Crippen molar-refractivity contribution in [2.24, 2.45) is 0 Å². The molecule has 4 aromatic rings. The first-order chi connectivity index (χ1) is 15.6. The SMILES string of the molecule is Cc1cc(N2CCN(c3nc(-c4ccncc4)nc4ccccc34)CC2)nc(C(C)C)n1. The third-order valence-electron chi connectivity index (χ3n) is 5.80. The van der Waals surface area contributed by atoms with E-state index in [0.717, 1.165) is 71.6 Å². The van der Waals surface area contributed by atoms with Gasteiger partial charge in [0.05, 0.1) is 5.52 Å². The number of hydrogen-bond acceptors (Lipinski definition) is 7. The molecule has 0 bridgehead atoms. The Hall–Kier alpha value is -3.61. The topological polar surface area (TPSA) is 70.9 Å². The lowest BCUT2D eigenvalue weighted by atomic mass is 10.1. The first-order valence-electron chi connectivity index (χ1n) is 11.1. The summed E-state index contributed by atoms with van der Waals surface area (Å²) in [6.45, 7) is 9.83. The minimum absolute atomic E-state index is 0.314. The number of benzene rings is 1. The molecule has 1 aliphatic rings. The Morgan fingerprint density at radius 1 is 0.812 bits per heavy atom. The molecule has 3 aromatic heterocycles. The molecule has 1 aromatic carbocycles. The predicted molar refractivity (Wildman–Crippen MR) is 128 cm³/mol. The van der Waals surface area contributed by atoms with Crippen LogP contribution in [0.15, 0.2) is 54.9 Å². The smallest absolute Gasteiger partial charge is 0.162 e. The quantitative estimate of drug-likeness (QED) is 0.484. The summed E-state index contributed by atoms with van der Waals surface area (Å²) in [5, 5.41) is 1.08. The van der Waals surface area contributed by atoms with Crippen molar-refractivity contribution in [3.63, 3.8) is 0 Å². The second kappa shape index (κ2) is 8.49. The van der Waals surface area contributed by atoms with E-state index >= 15 is 0 Å². The third kappa shape index (κ3) is 3.98. The molecule has 1 saturated heterocycles. The fourth-order valence-corrected chi connectivity index (χ4v) is 4.07. The summed E-state index contributed by atoms with van der Waals surface area (Å²) in [6.07, 6.45) is 3.56. The lowest BCUT2D eigenvalue weighted by Crippen LogP contribution is -2.47. The fourth-order valence-electron chi connectivity index (χ4n) is 4.07. The number of aryl methyl sites for hydroxylation is 1. The van der Waals surface area contributed by atoms with Gasteiger partial charge in [-0.15, -0.1) is 0 Å². The zero-order chi connectivity index (χ0) is 22.1. The number of fused-ring (bicyclic) bond motifs is 1. The van der Waals surface area contributed by atoms with Gasteiger partial charge in [0.25, 0.3) is 0 Å². The molecule has 4 heterocycles. The summed E-state index contributed by atoms with van der Waals surface area (Å²) in [5.74, 6) is 3.96. The van der Waals surface area contributed by atoms with Crippen molar-refractivity contribution in [3.8, 4) is 11.4 Å². The van der Waals surface area contributed by atoms with Gasteiger partial charge < -0.3 is 9.80 Å². The molecule has 0 unspecified atom stereocenters. The summed E-state index contributed by atoms with van der Waals surface area (Å²) >= 11 is 0. The molecule has 1 fully saturated rings. The van der Waals surface area contributed by atoms with E-state index in [9.17, 15) is 0 Å². The molecule has 1 aliphatic heterocycles. The number of hydrogen-bond donors (Lipinski definition) is 0. The van der Waals surface area contributed by atoms with Crippen LogP contribution in [0.1, 0.15) is 31.3 Å². The summed E-state index contributed by atoms with van der Waals surface area (Å²) in [5.41, 5.74) is 2.95. The van der Waals surface area contributed by atoms with Gasteiger partial charge in [-0.25, -0.2) is 19.9 Å². The number of anilines is 2. The highest BCUT2D eigenvalue weighted by Gasteiger charge is 2.23. The molecule has 5 rings (SSSR count). The molecule has 7 heteroatoms. The first-order valence-corrected chi connectivity index (χ1v) is 11.1. The third-order valence-corrected chi connectivity index (χ3v) is 5.80. The lowest BCUT2D eigenvalue weighted by Gasteiger charge is -2.36. The average Bonchev–Trinajstić information content (AvgIpc) is 2.83. The molecule has 0 atom stereocenters. The van der Waals surface area contributed by atoms with E-state index in [1.807, 2.05) is 25.1 Å². The van der Waals surface area contributed by atoms with Crippen molar-refractivity contribution in [2.75, 3.05) is 36.0 Å². The van der Waals surface area contributed by atoms with Gasteiger partial charge in [-0.05, 0) is 31.2 Å². The Labute approximate surface area is 188 Å². The van der Waals surface area contributed by atoms with Gasteiger partial charge in [0.15, 0.2) is 5.82 Å². The predicted octanol–water partition coefficient (Wildman–Crippen LogP) is 4.24. The van der Waals surface area contributed by atoms with Crippen molar-refractivity contribution in [3.05, 3.63) is 66.4 Å². The molecule has 0 aliphatic carbocycles. The maximum absolute atomic E-state index is 4.99. The molecule has 0 amide bonds. The van der Waals surface area contributed by atoms with Crippen LogP contribution in [0.4, 0.5) is 11.6 Å². The van der Waals surface area contributed by atoms with Gasteiger partial charge in [-0.2, -0.15) is 0 Å². The standard InChI is InChI=1S/C25H27N7/c1-17(2)23-27-18(3)16-22(29-23)31-12-14-32(15-13-31)25-20-6-4-5-7-21(20)28-24(30-25)19-8-10-26-11-9-19/h4-11,16-17H,12-15H2,1-3H3. The van der Waals surface area contributed by atoms with Crippen molar-refractivity contribution in [2.45, 2.75) is 26.7 Å². The fraction of sp³-hybridized carbons (Fsp3) is 0.320. The maximum atomic E-state index is 4.99. The van der Waals surface area contributed by atoms with Crippen molar-refractivity contribution < 1.29 is 0 Å². The van der Waals surface area contributed by atoms with Crippen LogP contribution in [0.5, 0.6) is 0 Å². The highest BCUT2D eigenvalue weighted by molar-refractivity contribution is 5.91. The molecular formula is C25H27N7. The monoisotopic (exact) mass is 425 g/mol. The van der Waals surface area contributed by atoms with E-state index in [-0.39, 0.29) is 0 Å². The molecule has 0 radical (unpaired) electrons. The number of pyridine rings is 1. The summed E-state index contributed by atoms with van der Waals surface area (Å²) < 4.78 is 0. The Bertz CT molecular complexity index is 1230. The molecule has 162 valence electrons. The molecule has 0 saturated carbocycles. The lowest BCUT2D eigenvalue weighted by molar-refractivity contribution is 0.637. The van der Waals surface area contributed by atoms with Gasteiger partial charge in [-0.3, -0.25) is 4.98 Å². The van der Waals surface area contributed by atoms with E-state index in [2.05, 4.69) is 57.9 Å². The second-order valence-corrected chi connectivity index (χ2v) is 8.48. The van der Waals surface area contributed by atoms with Crippen molar-refractivity contribution in [1.82, 2.24) is 24.9 Å². The summed E-state index contributed by atoms with van der Waals surface area (Å²) in [6, 6.07) is 14.2. The van der Waals surface area contributed by atoms with E-state index < -0.39 is 0 Å². The zero-order valence-corrected chi connectivity index (χ0v) is 18.7. The number of aromatic nitrogens is 5. The second-order valence-electron chi connectivity index (χ2n) is 8.48. The Balaban J connectivity index is 1.44. The van der Waals surface area contributed by atoms with E-state index in [0.29, 0.717) is 5.92 Å². The van der Waals surface area contributed by atoms with Gasteiger partial charge >= 0.3 is 0 Å². The number of rotatable bonds is 4. The molecule has 7 nitrogen and oxygen atoms in total. The minimum atomic E-state index is 0.314. The van der Waals surface area contributed by atoms with Crippen LogP contribution in [0.2, 0.25) is 0 Å². The molecule has 32 heavy (non-hydrogen) atoms. The first kappa shape index (κ1) is 20.3. The van der Waals surface area contributed by atoms with Crippen LogP contribution in [0.3, 0.4) is 0 Å². The van der Waals surface area contributed by atoms with Crippen LogP contribution in [0, 0.1) is 6.92 Å². The highest BCUT2D eigenvalue weighted by Crippen LogP contribution is 2.29. The Morgan fingerprint density at radius 3 is 2.28 bits per heavy atom. The van der Waals surface area contributed by atoms with Crippen LogP contribution >= 0.6 is 0 Å². The highest BCUT2D eigenvalue weighted by atomic mass is 15.3. The molecule has 0 spiro atoms. The van der Waals surface area contributed by atoms with Gasteiger partial charge in [0.2, 0.25) is 0 Å².